The van der Waals surface area contributed by atoms with Crippen LogP contribution < -0.4 is 14.8 Å². The number of nitro benzene ring substituents is 1. The number of rotatable bonds is 9. The van der Waals surface area contributed by atoms with Gasteiger partial charge in [-0.05, 0) is 42.3 Å². The number of nitrogens with one attached hydrogen (secondary N) is 1. The average Bonchev–Trinajstić information content (AvgIpc) is 3.10. The summed E-state index contributed by atoms with van der Waals surface area (Å²) in [6, 6.07) is 9.79. The Balaban J connectivity index is 1.73. The number of methoxy groups -OCH3 is 1. The highest BCUT2D eigenvalue weighted by Crippen LogP contribution is 2.30. The Morgan fingerprint density at radius 2 is 2.09 bits per heavy atom. The maximum atomic E-state index is 11.7. The van der Waals surface area contributed by atoms with Crippen molar-refractivity contribution in [1.82, 2.24) is 5.32 Å². The molecule has 1 unspecified atom stereocenters. The number of nitrogens with zero attached hydrogens (tertiary/aromatic N) is 3. The van der Waals surface area contributed by atoms with Crippen molar-refractivity contribution >= 4 is 40.7 Å². The second-order valence-corrected chi connectivity index (χ2v) is 8.12. The number of ether oxygens (including phenoxy) is 2. The van der Waals surface area contributed by atoms with Crippen molar-refractivity contribution in [2.24, 2.45) is 10.2 Å². The number of amidine groups is 1. The van der Waals surface area contributed by atoms with Crippen molar-refractivity contribution in [3.63, 3.8) is 0 Å². The third-order valence-electron chi connectivity index (χ3n) is 4.49. The van der Waals surface area contributed by atoms with Gasteiger partial charge in [-0.15, -0.1) is 5.10 Å². The summed E-state index contributed by atoms with van der Waals surface area (Å²) in [5, 5.41) is 29.9. The van der Waals surface area contributed by atoms with Crippen LogP contribution in [0.2, 0.25) is 0 Å². The lowest BCUT2D eigenvalue weighted by Crippen LogP contribution is -2.26. The van der Waals surface area contributed by atoms with Gasteiger partial charge in [-0.1, -0.05) is 17.8 Å². The number of thioether (sulfide) groups is 1. The van der Waals surface area contributed by atoms with Gasteiger partial charge in [0.05, 0.1) is 24.7 Å². The van der Waals surface area contributed by atoms with Crippen LogP contribution in [0.5, 0.6) is 11.5 Å². The van der Waals surface area contributed by atoms with Gasteiger partial charge in [-0.3, -0.25) is 19.7 Å². The van der Waals surface area contributed by atoms with Gasteiger partial charge in [0.1, 0.15) is 17.6 Å². The van der Waals surface area contributed by atoms with E-state index < -0.39 is 22.0 Å². The number of amides is 1. The quantitative estimate of drug-likeness (QED) is 0.321. The van der Waals surface area contributed by atoms with Gasteiger partial charge in [0.2, 0.25) is 5.91 Å². The largest absolute Gasteiger partial charge is 0.496 e. The first-order valence-corrected chi connectivity index (χ1v) is 10.5. The van der Waals surface area contributed by atoms with Crippen molar-refractivity contribution in [3.8, 4) is 11.5 Å². The van der Waals surface area contributed by atoms with E-state index in [4.69, 9.17) is 14.6 Å². The number of hydrogen-bond acceptors (Lipinski definition) is 9. The standard InChI is InChI=1S/C21H20N4O7S/c1-12-3-5-15(25(29)30)17(7-12)32-11-14-8-13(4-6-16(14)31-2)10-22-24-21-23-20(28)18(33-21)9-19(26)27/h3-8,10,18H,9,11H2,1-2H3,(H,26,27)(H,23,24,28). The fourth-order valence-electron chi connectivity index (χ4n) is 2.93. The molecule has 0 aromatic heterocycles. The Bertz CT molecular complexity index is 1150. The summed E-state index contributed by atoms with van der Waals surface area (Å²) in [7, 11) is 1.50. The zero-order valence-electron chi connectivity index (χ0n) is 17.7. The van der Waals surface area contributed by atoms with Gasteiger partial charge in [-0.25, -0.2) is 0 Å². The number of hydrogen-bond donors (Lipinski definition) is 2. The molecule has 1 saturated heterocycles. The van der Waals surface area contributed by atoms with Crippen molar-refractivity contribution in [2.45, 2.75) is 25.2 Å². The van der Waals surface area contributed by atoms with Crippen LogP contribution in [0.1, 0.15) is 23.1 Å². The normalized spacial score (nSPS) is 16.7. The number of carboxylic acid groups (broad SMARTS) is 1. The Labute approximate surface area is 192 Å². The van der Waals surface area contributed by atoms with Crippen LogP contribution in [0, 0.1) is 17.0 Å². The molecule has 1 heterocycles. The summed E-state index contributed by atoms with van der Waals surface area (Å²) in [4.78, 5) is 33.3. The minimum atomic E-state index is -1.07. The van der Waals surface area contributed by atoms with Crippen molar-refractivity contribution < 1.29 is 29.1 Å². The van der Waals surface area contributed by atoms with Crippen LogP contribution in [-0.2, 0) is 16.2 Å². The maximum absolute atomic E-state index is 11.7. The Morgan fingerprint density at radius 3 is 2.79 bits per heavy atom. The van der Waals surface area contributed by atoms with Gasteiger partial charge < -0.3 is 19.9 Å². The first-order valence-electron chi connectivity index (χ1n) is 9.62. The first-order chi connectivity index (χ1) is 15.8. The number of carbonyl (C=O) groups is 2. The van der Waals surface area contributed by atoms with E-state index in [0.29, 0.717) is 16.9 Å². The predicted molar refractivity (Wildman–Crippen MR) is 122 cm³/mol. The van der Waals surface area contributed by atoms with E-state index in [1.165, 1.54) is 19.4 Å². The molecule has 0 radical (unpaired) electrons. The average molecular weight is 472 g/mol. The van der Waals surface area contributed by atoms with Crippen molar-refractivity contribution in [3.05, 3.63) is 63.2 Å². The summed E-state index contributed by atoms with van der Waals surface area (Å²) in [6.07, 6.45) is 1.14. The lowest BCUT2D eigenvalue weighted by atomic mass is 10.1. The van der Waals surface area contributed by atoms with E-state index in [2.05, 4.69) is 15.5 Å². The highest BCUT2D eigenvalue weighted by molar-refractivity contribution is 8.15. The summed E-state index contributed by atoms with van der Waals surface area (Å²) in [5.41, 5.74) is 1.97. The topological polar surface area (TPSA) is 153 Å². The van der Waals surface area contributed by atoms with E-state index in [9.17, 15) is 19.7 Å². The predicted octanol–water partition coefficient (Wildman–Crippen LogP) is 2.89. The van der Waals surface area contributed by atoms with Gasteiger partial charge in [0.15, 0.2) is 10.9 Å². The van der Waals surface area contributed by atoms with Crippen LogP contribution >= 0.6 is 11.8 Å². The number of carbonyl (C=O) groups excluding carboxylic acids is 1. The summed E-state index contributed by atoms with van der Waals surface area (Å²) in [6.45, 7) is 1.83. The van der Waals surface area contributed by atoms with Crippen molar-refractivity contribution in [1.29, 1.82) is 0 Å². The third-order valence-corrected chi connectivity index (χ3v) is 5.56. The Hall–Kier alpha value is -3.93. The summed E-state index contributed by atoms with van der Waals surface area (Å²) < 4.78 is 11.1. The number of nitro groups is 1. The number of benzene rings is 2. The summed E-state index contributed by atoms with van der Waals surface area (Å²) >= 11 is 1.00. The number of aliphatic carboxylic acids is 1. The molecule has 0 aliphatic carbocycles. The molecular formula is C21H20N4O7S. The fourth-order valence-corrected chi connectivity index (χ4v) is 3.84. The van der Waals surface area contributed by atoms with Crippen LogP contribution in [-0.4, -0.2) is 45.6 Å². The van der Waals surface area contributed by atoms with Crippen LogP contribution in [0.15, 0.2) is 46.6 Å². The van der Waals surface area contributed by atoms with Gasteiger partial charge in [0, 0.05) is 11.6 Å². The molecule has 1 atom stereocenters. The molecular weight excluding hydrogens is 452 g/mol. The van der Waals surface area contributed by atoms with E-state index in [1.807, 2.05) is 6.92 Å². The lowest BCUT2D eigenvalue weighted by molar-refractivity contribution is -0.386. The molecule has 2 N–H and O–H groups in total. The second kappa shape index (κ2) is 10.6. The van der Waals surface area contributed by atoms with E-state index in [0.717, 1.165) is 17.3 Å². The monoisotopic (exact) mass is 472 g/mol. The minimum Gasteiger partial charge on any atom is -0.496 e. The molecule has 1 aliphatic rings. The maximum Gasteiger partial charge on any atom is 0.310 e. The van der Waals surface area contributed by atoms with E-state index in [1.54, 1.807) is 30.3 Å². The van der Waals surface area contributed by atoms with Crippen LogP contribution in [0.4, 0.5) is 5.69 Å². The third kappa shape index (κ3) is 6.29. The molecule has 1 fully saturated rings. The highest BCUT2D eigenvalue weighted by Gasteiger charge is 2.32. The minimum absolute atomic E-state index is 0.0203. The second-order valence-electron chi connectivity index (χ2n) is 6.93. The zero-order valence-corrected chi connectivity index (χ0v) is 18.5. The molecule has 12 heteroatoms. The van der Waals surface area contributed by atoms with Gasteiger partial charge in [-0.2, -0.15) is 5.10 Å². The fraction of sp³-hybridized carbons (Fsp3) is 0.238. The molecule has 172 valence electrons. The first kappa shape index (κ1) is 23.7. The number of aryl methyl sites for hydroxylation is 1. The molecule has 33 heavy (non-hydrogen) atoms. The smallest absolute Gasteiger partial charge is 0.310 e. The lowest BCUT2D eigenvalue weighted by Gasteiger charge is -2.11. The highest BCUT2D eigenvalue weighted by atomic mass is 32.2. The Morgan fingerprint density at radius 1 is 1.30 bits per heavy atom. The molecule has 1 aliphatic heterocycles. The Kier molecular flexibility index (Phi) is 7.61. The van der Waals surface area contributed by atoms with E-state index in [-0.39, 0.29) is 29.6 Å². The molecule has 1 amide bonds. The van der Waals surface area contributed by atoms with Crippen molar-refractivity contribution in [2.75, 3.05) is 7.11 Å². The van der Waals surface area contributed by atoms with Crippen LogP contribution in [0.3, 0.4) is 0 Å². The van der Waals surface area contributed by atoms with Crippen LogP contribution in [0.25, 0.3) is 0 Å². The SMILES string of the molecule is COc1ccc(C=NN=C2NC(=O)C(CC(=O)O)S2)cc1COc1cc(C)ccc1[N+](=O)[O-]. The molecule has 11 nitrogen and oxygen atoms in total. The molecule has 0 saturated carbocycles. The molecule has 3 rings (SSSR count). The van der Waals surface area contributed by atoms with Gasteiger partial charge >= 0.3 is 11.7 Å². The van der Waals surface area contributed by atoms with Gasteiger partial charge in [0.25, 0.3) is 0 Å². The number of carboxylic acids is 1. The molecule has 2 aromatic rings. The summed E-state index contributed by atoms with van der Waals surface area (Å²) in [5.74, 6) is -0.816. The molecule has 2 aromatic carbocycles. The van der Waals surface area contributed by atoms with E-state index >= 15 is 0 Å². The zero-order chi connectivity index (χ0) is 24.0. The molecule has 0 bridgehead atoms. The molecule has 0 spiro atoms.